The summed E-state index contributed by atoms with van der Waals surface area (Å²) < 4.78 is 42.4. The predicted molar refractivity (Wildman–Crippen MR) is 106 cm³/mol. The molecule has 158 valence electrons. The zero-order chi connectivity index (χ0) is 21.1. The van der Waals surface area contributed by atoms with Crippen LogP contribution in [0.5, 0.6) is 11.5 Å². The highest BCUT2D eigenvalue weighted by Gasteiger charge is 2.28. The van der Waals surface area contributed by atoms with Gasteiger partial charge in [-0.25, -0.2) is 8.42 Å². The number of hydrogen-bond donors (Lipinski definition) is 1. The summed E-state index contributed by atoms with van der Waals surface area (Å²) in [5.74, 6) is 1.22. The van der Waals surface area contributed by atoms with Crippen LogP contribution in [-0.4, -0.2) is 57.0 Å². The molecule has 0 saturated carbocycles. The molecule has 0 bridgehead atoms. The first-order chi connectivity index (χ1) is 14.4. The maximum absolute atomic E-state index is 12.7. The number of morpholine rings is 1. The molecule has 0 atom stereocenters. The quantitative estimate of drug-likeness (QED) is 0.413. The maximum atomic E-state index is 12.7. The lowest BCUT2D eigenvalue weighted by Crippen LogP contribution is -2.40. The van der Waals surface area contributed by atoms with E-state index < -0.39 is 20.6 Å². The van der Waals surface area contributed by atoms with E-state index in [0.717, 1.165) is 6.07 Å². The van der Waals surface area contributed by atoms with Gasteiger partial charge in [0.25, 0.3) is 5.69 Å². The Bertz CT molecular complexity index is 1100. The SMILES string of the molecule is O=[N+]([O-])c1cc(S(=O)(=O)N2CCOCC2)ccc1NN=Cc1ccc2c(c1)OCO2. The van der Waals surface area contributed by atoms with Crippen molar-refractivity contribution in [1.82, 2.24) is 4.31 Å². The summed E-state index contributed by atoms with van der Waals surface area (Å²) in [7, 11) is -3.85. The van der Waals surface area contributed by atoms with Crippen LogP contribution < -0.4 is 14.9 Å². The Morgan fingerprint density at radius 2 is 1.87 bits per heavy atom. The minimum Gasteiger partial charge on any atom is -0.454 e. The molecule has 2 aliphatic heterocycles. The molecule has 4 rings (SSSR count). The van der Waals surface area contributed by atoms with Crippen LogP contribution in [0.1, 0.15) is 5.56 Å². The van der Waals surface area contributed by atoms with Gasteiger partial charge in [0.2, 0.25) is 16.8 Å². The number of hydrogen-bond acceptors (Lipinski definition) is 9. The molecule has 2 aromatic carbocycles. The van der Waals surface area contributed by atoms with E-state index in [0.29, 0.717) is 17.1 Å². The van der Waals surface area contributed by atoms with Crippen molar-refractivity contribution >= 4 is 27.6 Å². The van der Waals surface area contributed by atoms with Gasteiger partial charge in [-0.15, -0.1) is 0 Å². The Labute approximate surface area is 172 Å². The first-order valence-electron chi connectivity index (χ1n) is 9.00. The van der Waals surface area contributed by atoms with E-state index in [9.17, 15) is 18.5 Å². The van der Waals surface area contributed by atoms with Crippen LogP contribution in [0.15, 0.2) is 46.4 Å². The van der Waals surface area contributed by atoms with Gasteiger partial charge in [-0.2, -0.15) is 9.41 Å². The van der Waals surface area contributed by atoms with Crippen molar-refractivity contribution in [2.24, 2.45) is 5.10 Å². The molecule has 1 fully saturated rings. The number of rotatable bonds is 6. The van der Waals surface area contributed by atoms with Crippen molar-refractivity contribution in [2.45, 2.75) is 4.90 Å². The maximum Gasteiger partial charge on any atom is 0.295 e. The molecule has 2 aromatic rings. The third-order valence-electron chi connectivity index (χ3n) is 4.57. The Balaban J connectivity index is 1.54. The molecule has 1 saturated heterocycles. The zero-order valence-corrected chi connectivity index (χ0v) is 16.5. The number of nitrogens with one attached hydrogen (secondary N) is 1. The number of nitrogens with zero attached hydrogens (tertiary/aromatic N) is 3. The van der Waals surface area contributed by atoms with Crippen LogP contribution in [0.3, 0.4) is 0 Å². The largest absolute Gasteiger partial charge is 0.454 e. The van der Waals surface area contributed by atoms with Crippen molar-refractivity contribution in [2.75, 3.05) is 38.5 Å². The zero-order valence-electron chi connectivity index (χ0n) is 15.7. The lowest BCUT2D eigenvalue weighted by Gasteiger charge is -2.26. The molecule has 0 unspecified atom stereocenters. The smallest absolute Gasteiger partial charge is 0.295 e. The molecule has 0 radical (unpaired) electrons. The molecular weight excluding hydrogens is 416 g/mol. The molecule has 11 nitrogen and oxygen atoms in total. The van der Waals surface area contributed by atoms with Crippen molar-refractivity contribution in [3.05, 3.63) is 52.1 Å². The van der Waals surface area contributed by atoms with Gasteiger partial charge in [-0.1, -0.05) is 0 Å². The molecule has 0 amide bonds. The first-order valence-corrected chi connectivity index (χ1v) is 10.4. The van der Waals surface area contributed by atoms with E-state index in [1.54, 1.807) is 18.2 Å². The number of benzene rings is 2. The van der Waals surface area contributed by atoms with Crippen LogP contribution in [0.2, 0.25) is 0 Å². The number of anilines is 1. The minimum atomic E-state index is -3.85. The van der Waals surface area contributed by atoms with E-state index in [1.165, 1.54) is 22.7 Å². The van der Waals surface area contributed by atoms with Gasteiger partial charge in [0.05, 0.1) is 29.2 Å². The minimum absolute atomic E-state index is 0.0675. The van der Waals surface area contributed by atoms with Gasteiger partial charge in [0.15, 0.2) is 11.5 Å². The average molecular weight is 434 g/mol. The number of hydrazone groups is 1. The van der Waals surface area contributed by atoms with Gasteiger partial charge in [-0.3, -0.25) is 15.5 Å². The van der Waals surface area contributed by atoms with Crippen molar-refractivity contribution in [3.63, 3.8) is 0 Å². The number of nitro benzene ring substituents is 1. The van der Waals surface area contributed by atoms with Crippen molar-refractivity contribution < 1.29 is 27.6 Å². The summed E-state index contributed by atoms with van der Waals surface area (Å²) >= 11 is 0. The van der Waals surface area contributed by atoms with Gasteiger partial charge in [0.1, 0.15) is 5.69 Å². The van der Waals surface area contributed by atoms with Crippen molar-refractivity contribution in [3.8, 4) is 11.5 Å². The van der Waals surface area contributed by atoms with E-state index in [1.807, 2.05) is 0 Å². The molecule has 2 heterocycles. The third kappa shape index (κ3) is 4.06. The highest BCUT2D eigenvalue weighted by atomic mass is 32.2. The Morgan fingerprint density at radius 1 is 1.10 bits per heavy atom. The molecule has 2 aliphatic rings. The number of nitro groups is 1. The Kier molecular flexibility index (Phi) is 5.53. The van der Waals surface area contributed by atoms with Crippen molar-refractivity contribution in [1.29, 1.82) is 0 Å². The van der Waals surface area contributed by atoms with Crippen LogP contribution in [-0.2, 0) is 14.8 Å². The average Bonchev–Trinajstić information content (AvgIpc) is 3.22. The van der Waals surface area contributed by atoms with Gasteiger partial charge >= 0.3 is 0 Å². The second-order valence-electron chi connectivity index (χ2n) is 6.44. The van der Waals surface area contributed by atoms with Crippen LogP contribution in [0, 0.1) is 10.1 Å². The van der Waals surface area contributed by atoms with Gasteiger partial charge in [-0.05, 0) is 35.9 Å². The molecule has 30 heavy (non-hydrogen) atoms. The van der Waals surface area contributed by atoms with Crippen LogP contribution in [0.25, 0.3) is 0 Å². The molecular formula is C18H18N4O7S. The second kappa shape index (κ2) is 8.26. The normalized spacial score (nSPS) is 16.7. The summed E-state index contributed by atoms with van der Waals surface area (Å²) in [5, 5.41) is 15.5. The monoisotopic (exact) mass is 434 g/mol. The van der Waals surface area contributed by atoms with Gasteiger partial charge < -0.3 is 14.2 Å². The Morgan fingerprint density at radius 3 is 2.63 bits per heavy atom. The third-order valence-corrected chi connectivity index (χ3v) is 6.46. The number of fused-ring (bicyclic) bond motifs is 1. The fourth-order valence-electron chi connectivity index (χ4n) is 3.02. The summed E-state index contributed by atoms with van der Waals surface area (Å²) in [6.45, 7) is 1.14. The lowest BCUT2D eigenvalue weighted by molar-refractivity contribution is -0.384. The fraction of sp³-hybridized carbons (Fsp3) is 0.278. The number of ether oxygens (including phenoxy) is 3. The lowest BCUT2D eigenvalue weighted by atomic mass is 10.2. The molecule has 0 spiro atoms. The fourth-order valence-corrected chi connectivity index (χ4v) is 4.45. The topological polar surface area (TPSA) is 133 Å². The second-order valence-corrected chi connectivity index (χ2v) is 8.37. The molecule has 0 aliphatic carbocycles. The summed E-state index contributed by atoms with van der Waals surface area (Å²) in [6.07, 6.45) is 1.46. The summed E-state index contributed by atoms with van der Waals surface area (Å²) in [5.41, 5.74) is 2.96. The number of sulfonamides is 1. The molecule has 0 aromatic heterocycles. The molecule has 12 heteroatoms. The predicted octanol–water partition coefficient (Wildman–Crippen LogP) is 1.79. The highest BCUT2D eigenvalue weighted by molar-refractivity contribution is 7.89. The van der Waals surface area contributed by atoms with Crippen LogP contribution >= 0.6 is 0 Å². The van der Waals surface area contributed by atoms with E-state index in [-0.39, 0.29) is 43.7 Å². The Hall–Kier alpha value is -3.22. The van der Waals surface area contributed by atoms with Gasteiger partial charge in [0, 0.05) is 19.2 Å². The summed E-state index contributed by atoms with van der Waals surface area (Å²) in [4.78, 5) is 10.7. The summed E-state index contributed by atoms with van der Waals surface area (Å²) in [6, 6.07) is 8.88. The van der Waals surface area contributed by atoms with E-state index in [2.05, 4.69) is 10.5 Å². The van der Waals surface area contributed by atoms with E-state index >= 15 is 0 Å². The first kappa shape index (κ1) is 20.1. The van der Waals surface area contributed by atoms with Crippen LogP contribution in [0.4, 0.5) is 11.4 Å². The molecule has 1 N–H and O–H groups in total. The highest BCUT2D eigenvalue weighted by Crippen LogP contribution is 2.32. The van der Waals surface area contributed by atoms with E-state index in [4.69, 9.17) is 14.2 Å². The standard InChI is InChI=1S/C18H18N4O7S/c23-22(24)16-10-14(30(25,26)21-5-7-27-8-6-21)2-3-15(16)20-19-11-13-1-4-17-18(9-13)29-12-28-17/h1-4,9-11,20H,5-8,12H2.